The number of oxime groups is 1. The van der Waals surface area contributed by atoms with E-state index in [1.54, 1.807) is 12.1 Å². The Morgan fingerprint density at radius 3 is 2.85 bits per heavy atom. The molecule has 0 fully saturated rings. The highest BCUT2D eigenvalue weighted by atomic mass is 35.5. The van der Waals surface area contributed by atoms with Crippen molar-refractivity contribution in [2.75, 3.05) is 0 Å². The molecule has 0 aliphatic carbocycles. The van der Waals surface area contributed by atoms with Crippen LogP contribution >= 0.6 is 23.2 Å². The van der Waals surface area contributed by atoms with Gasteiger partial charge in [-0.2, -0.15) is 0 Å². The summed E-state index contributed by atoms with van der Waals surface area (Å²) in [7, 11) is 0. The number of hydrogen-bond acceptors (Lipinski definition) is 4. The van der Waals surface area contributed by atoms with E-state index in [1.807, 2.05) is 12.1 Å². The van der Waals surface area contributed by atoms with Gasteiger partial charge < -0.3 is 15.7 Å². The maximum absolute atomic E-state index is 8.67. The van der Waals surface area contributed by atoms with Crippen molar-refractivity contribution in [1.29, 1.82) is 0 Å². The fraction of sp³-hybridized carbons (Fsp3) is 0.0769. The van der Waals surface area contributed by atoms with Gasteiger partial charge in [0.05, 0.1) is 0 Å². The first-order valence-electron chi connectivity index (χ1n) is 5.61. The van der Waals surface area contributed by atoms with Gasteiger partial charge in [-0.25, -0.2) is 4.98 Å². The van der Waals surface area contributed by atoms with E-state index < -0.39 is 0 Å². The Morgan fingerprint density at radius 1 is 1.35 bits per heavy atom. The molecule has 3 N–H and O–H groups in total. The molecule has 104 valence electrons. The second-order valence-corrected chi connectivity index (χ2v) is 4.70. The largest absolute Gasteiger partial charge is 0.472 e. The van der Waals surface area contributed by atoms with Crippen LogP contribution in [0.5, 0.6) is 5.88 Å². The van der Waals surface area contributed by atoms with Crippen LogP contribution in [0.2, 0.25) is 10.0 Å². The molecule has 0 amide bonds. The van der Waals surface area contributed by atoms with E-state index in [4.69, 9.17) is 38.9 Å². The molecule has 0 unspecified atom stereocenters. The zero-order chi connectivity index (χ0) is 14.5. The summed E-state index contributed by atoms with van der Waals surface area (Å²) in [6.07, 6.45) is 1.46. The lowest BCUT2D eigenvalue weighted by Gasteiger charge is -2.09. The lowest BCUT2D eigenvalue weighted by atomic mass is 10.2. The number of nitrogens with two attached hydrogens (primary N) is 1. The predicted octanol–water partition coefficient (Wildman–Crippen LogP) is 3.06. The van der Waals surface area contributed by atoms with Crippen LogP contribution in [0.3, 0.4) is 0 Å². The van der Waals surface area contributed by atoms with Crippen LogP contribution in [-0.2, 0) is 6.61 Å². The third kappa shape index (κ3) is 3.31. The molecule has 0 atom stereocenters. The zero-order valence-corrected chi connectivity index (χ0v) is 11.8. The van der Waals surface area contributed by atoms with Crippen molar-refractivity contribution in [3.05, 3.63) is 57.7 Å². The minimum absolute atomic E-state index is 0.106. The average Bonchev–Trinajstić information content (AvgIpc) is 2.45. The second kappa shape index (κ2) is 6.45. The normalized spacial score (nSPS) is 11.4. The molecule has 0 saturated carbocycles. The molecule has 0 saturated heterocycles. The summed E-state index contributed by atoms with van der Waals surface area (Å²) in [5.74, 6) is 0.0979. The Kier molecular flexibility index (Phi) is 4.65. The van der Waals surface area contributed by atoms with Gasteiger partial charge in [0.1, 0.15) is 11.6 Å². The van der Waals surface area contributed by atoms with Crippen molar-refractivity contribution < 1.29 is 9.94 Å². The average molecular weight is 312 g/mol. The van der Waals surface area contributed by atoms with Crippen LogP contribution in [0.15, 0.2) is 41.7 Å². The molecule has 5 nitrogen and oxygen atoms in total. The number of ether oxygens (including phenoxy) is 1. The minimum Gasteiger partial charge on any atom is -0.472 e. The Bertz CT molecular complexity index is 647. The van der Waals surface area contributed by atoms with Crippen molar-refractivity contribution >= 4 is 29.0 Å². The number of nitrogens with zero attached hydrogens (tertiary/aromatic N) is 2. The van der Waals surface area contributed by atoms with Gasteiger partial charge in [-0.1, -0.05) is 40.5 Å². The van der Waals surface area contributed by atoms with Crippen LogP contribution in [0.25, 0.3) is 0 Å². The molecule has 20 heavy (non-hydrogen) atoms. The number of pyridine rings is 1. The molecule has 1 aromatic heterocycles. The number of benzene rings is 1. The third-order valence-corrected chi connectivity index (χ3v) is 3.11. The van der Waals surface area contributed by atoms with Gasteiger partial charge in [0.25, 0.3) is 0 Å². The molecular formula is C13H11Cl2N3O2. The summed E-state index contributed by atoms with van der Waals surface area (Å²) in [6, 6.07) is 8.78. The van der Waals surface area contributed by atoms with Gasteiger partial charge >= 0.3 is 0 Å². The van der Waals surface area contributed by atoms with Crippen LogP contribution in [-0.4, -0.2) is 16.0 Å². The van der Waals surface area contributed by atoms with Crippen LogP contribution in [0.4, 0.5) is 0 Å². The highest BCUT2D eigenvalue weighted by Crippen LogP contribution is 2.26. The van der Waals surface area contributed by atoms with Crippen molar-refractivity contribution in [3.63, 3.8) is 0 Å². The predicted molar refractivity (Wildman–Crippen MR) is 77.5 cm³/mol. The van der Waals surface area contributed by atoms with Gasteiger partial charge in [-0.3, -0.25) is 0 Å². The summed E-state index contributed by atoms with van der Waals surface area (Å²) in [5.41, 5.74) is 6.74. The van der Waals surface area contributed by atoms with Crippen LogP contribution < -0.4 is 10.5 Å². The fourth-order valence-corrected chi connectivity index (χ4v) is 2.03. The topological polar surface area (TPSA) is 80.7 Å². The fourth-order valence-electron chi connectivity index (χ4n) is 1.56. The van der Waals surface area contributed by atoms with Crippen molar-refractivity contribution in [2.24, 2.45) is 10.9 Å². The molecular weight excluding hydrogens is 301 g/mol. The van der Waals surface area contributed by atoms with E-state index in [0.29, 0.717) is 10.6 Å². The summed E-state index contributed by atoms with van der Waals surface area (Å²) in [6.45, 7) is 0.257. The number of hydrogen-bond donors (Lipinski definition) is 2. The summed E-state index contributed by atoms with van der Waals surface area (Å²) in [4.78, 5) is 4.01. The highest BCUT2D eigenvalue weighted by Gasteiger charge is 2.12. The smallest absolute Gasteiger partial charge is 0.233 e. The maximum atomic E-state index is 8.67. The molecule has 0 aliphatic heterocycles. The van der Waals surface area contributed by atoms with Crippen molar-refractivity contribution in [1.82, 2.24) is 4.98 Å². The number of halogens is 2. The Balaban J connectivity index is 2.18. The van der Waals surface area contributed by atoms with E-state index in [-0.39, 0.29) is 23.3 Å². The minimum atomic E-state index is -0.106. The molecule has 2 rings (SSSR count). The quantitative estimate of drug-likeness (QED) is 0.393. The third-order valence-electron chi connectivity index (χ3n) is 2.51. The lowest BCUT2D eigenvalue weighted by Crippen LogP contribution is -2.14. The number of amidine groups is 1. The zero-order valence-electron chi connectivity index (χ0n) is 10.3. The van der Waals surface area contributed by atoms with Gasteiger partial charge in [-0.05, 0) is 23.8 Å². The Morgan fingerprint density at radius 2 is 2.15 bits per heavy atom. The van der Waals surface area contributed by atoms with E-state index >= 15 is 0 Å². The molecule has 1 aromatic carbocycles. The van der Waals surface area contributed by atoms with Gasteiger partial charge in [0.15, 0.2) is 5.84 Å². The Labute approximate surface area is 125 Å². The SMILES string of the molecule is N/C(=N/O)c1ccnc(OCc2cccc(Cl)c2)c1Cl. The number of aromatic nitrogens is 1. The highest BCUT2D eigenvalue weighted by molar-refractivity contribution is 6.35. The van der Waals surface area contributed by atoms with E-state index in [9.17, 15) is 0 Å². The monoisotopic (exact) mass is 311 g/mol. The molecule has 2 aromatic rings. The second-order valence-electron chi connectivity index (χ2n) is 3.88. The number of rotatable bonds is 4. The molecule has 0 bridgehead atoms. The molecule has 7 heteroatoms. The molecule has 0 spiro atoms. The van der Waals surface area contributed by atoms with Gasteiger partial charge in [-0.15, -0.1) is 0 Å². The Hall–Kier alpha value is -1.98. The van der Waals surface area contributed by atoms with Crippen LogP contribution in [0, 0.1) is 0 Å². The standard InChI is InChI=1S/C13H11Cl2N3O2/c14-9-3-1-2-8(6-9)7-20-13-11(15)10(4-5-17-13)12(16)18-19/h1-6,19H,7H2,(H2,16,18). The first-order chi connectivity index (χ1) is 9.61. The lowest BCUT2D eigenvalue weighted by molar-refractivity contribution is 0.294. The summed E-state index contributed by atoms with van der Waals surface area (Å²) < 4.78 is 5.52. The summed E-state index contributed by atoms with van der Waals surface area (Å²) in [5, 5.41) is 12.4. The first-order valence-corrected chi connectivity index (χ1v) is 6.37. The van der Waals surface area contributed by atoms with Crippen LogP contribution in [0.1, 0.15) is 11.1 Å². The molecule has 0 aliphatic rings. The van der Waals surface area contributed by atoms with Crippen molar-refractivity contribution in [3.8, 4) is 5.88 Å². The summed E-state index contributed by atoms with van der Waals surface area (Å²) >= 11 is 12.0. The van der Waals surface area contributed by atoms with E-state index in [1.165, 1.54) is 12.3 Å². The molecule has 1 heterocycles. The molecule has 0 radical (unpaired) electrons. The van der Waals surface area contributed by atoms with Crippen molar-refractivity contribution in [2.45, 2.75) is 6.61 Å². The maximum Gasteiger partial charge on any atom is 0.233 e. The van der Waals surface area contributed by atoms with E-state index in [0.717, 1.165) is 5.56 Å². The first kappa shape index (κ1) is 14.4. The van der Waals surface area contributed by atoms with Gasteiger partial charge in [0.2, 0.25) is 5.88 Å². The van der Waals surface area contributed by atoms with E-state index in [2.05, 4.69) is 10.1 Å². The van der Waals surface area contributed by atoms with Gasteiger partial charge in [0, 0.05) is 16.8 Å².